The summed E-state index contributed by atoms with van der Waals surface area (Å²) in [6.45, 7) is 0. The maximum atomic E-state index is 11.5. The molecule has 1 unspecified atom stereocenters. The molecule has 1 aliphatic carbocycles. The molecule has 1 N–H and O–H groups in total. The van der Waals surface area contributed by atoms with Gasteiger partial charge in [0, 0.05) is 12.8 Å². The van der Waals surface area contributed by atoms with Crippen LogP contribution in [0.4, 0.5) is 0 Å². The van der Waals surface area contributed by atoms with Crippen LogP contribution in [0, 0.1) is 0 Å². The highest BCUT2D eigenvalue weighted by molar-refractivity contribution is 5.80. The minimum Gasteiger partial charge on any atom is -0.481 e. The third-order valence-electron chi connectivity index (χ3n) is 3.32. The molecule has 3 nitrogen and oxygen atoms in total. The van der Waals surface area contributed by atoms with Crippen LogP contribution >= 0.6 is 0 Å². The summed E-state index contributed by atoms with van der Waals surface area (Å²) in [6, 6.07) is 7.58. The van der Waals surface area contributed by atoms with Crippen LogP contribution in [0.25, 0.3) is 0 Å². The Kier molecular flexibility index (Phi) is 3.57. The molecule has 1 aromatic carbocycles. The highest BCUT2D eigenvalue weighted by atomic mass is 16.4. The molecule has 1 aromatic rings. The van der Waals surface area contributed by atoms with E-state index in [-0.39, 0.29) is 12.3 Å². The fraction of sp³-hybridized carbons (Fsp3) is 0.429. The Bertz CT molecular complexity index is 437. The molecule has 3 heteroatoms. The van der Waals surface area contributed by atoms with E-state index in [1.54, 1.807) is 0 Å². The van der Waals surface area contributed by atoms with E-state index in [2.05, 4.69) is 0 Å². The van der Waals surface area contributed by atoms with Crippen molar-refractivity contribution in [3.63, 3.8) is 0 Å². The van der Waals surface area contributed by atoms with Crippen LogP contribution in [0.15, 0.2) is 24.3 Å². The van der Waals surface area contributed by atoms with E-state index >= 15 is 0 Å². The second-order valence-corrected chi connectivity index (χ2v) is 4.60. The number of benzene rings is 1. The van der Waals surface area contributed by atoms with Crippen LogP contribution in [0.2, 0.25) is 0 Å². The third-order valence-corrected chi connectivity index (χ3v) is 3.32. The van der Waals surface area contributed by atoms with Crippen molar-refractivity contribution in [1.29, 1.82) is 0 Å². The van der Waals surface area contributed by atoms with Gasteiger partial charge in [-0.1, -0.05) is 24.3 Å². The number of hydrogen-bond acceptors (Lipinski definition) is 2. The van der Waals surface area contributed by atoms with E-state index < -0.39 is 5.97 Å². The van der Waals surface area contributed by atoms with Gasteiger partial charge in [0.25, 0.3) is 0 Å². The smallest absolute Gasteiger partial charge is 0.307 e. The fourth-order valence-corrected chi connectivity index (χ4v) is 2.55. The lowest BCUT2D eigenvalue weighted by Crippen LogP contribution is -2.15. The first-order valence-corrected chi connectivity index (χ1v) is 5.98. The molecule has 0 aliphatic heterocycles. The molecule has 0 bridgehead atoms. The van der Waals surface area contributed by atoms with E-state index in [1.807, 2.05) is 24.3 Å². The van der Waals surface area contributed by atoms with E-state index in [4.69, 9.17) is 5.11 Å². The van der Waals surface area contributed by atoms with Gasteiger partial charge in [-0.15, -0.1) is 0 Å². The number of carboxylic acid groups (broad SMARTS) is 1. The lowest BCUT2D eigenvalue weighted by Gasteiger charge is -2.23. The summed E-state index contributed by atoms with van der Waals surface area (Å²) in [6.07, 6.45) is 3.20. The highest BCUT2D eigenvalue weighted by Crippen LogP contribution is 2.32. The molecule has 17 heavy (non-hydrogen) atoms. The van der Waals surface area contributed by atoms with E-state index in [1.165, 1.54) is 0 Å². The molecule has 0 saturated heterocycles. The molecule has 0 radical (unpaired) electrons. The Hall–Kier alpha value is -1.64. The van der Waals surface area contributed by atoms with Gasteiger partial charge in [-0.2, -0.15) is 0 Å². The highest BCUT2D eigenvalue weighted by Gasteiger charge is 2.23. The van der Waals surface area contributed by atoms with Crippen molar-refractivity contribution in [2.75, 3.05) is 0 Å². The molecule has 0 amide bonds. The third kappa shape index (κ3) is 2.93. The molecule has 0 aromatic heterocycles. The number of hydrogen-bond donors (Lipinski definition) is 1. The SMILES string of the molecule is O=C(O)Cc1ccccc1C1CCCC(=O)C1. The van der Waals surface area contributed by atoms with Gasteiger partial charge in [-0.05, 0) is 29.9 Å². The zero-order valence-electron chi connectivity index (χ0n) is 9.69. The largest absolute Gasteiger partial charge is 0.481 e. The maximum absolute atomic E-state index is 11.5. The summed E-state index contributed by atoms with van der Waals surface area (Å²) in [4.78, 5) is 22.3. The average Bonchev–Trinajstić information content (AvgIpc) is 2.29. The Morgan fingerprint density at radius 3 is 2.82 bits per heavy atom. The first-order chi connectivity index (χ1) is 8.16. The van der Waals surface area contributed by atoms with E-state index in [0.29, 0.717) is 18.6 Å². The summed E-state index contributed by atoms with van der Waals surface area (Å²) >= 11 is 0. The van der Waals surface area contributed by atoms with Crippen LogP contribution in [-0.4, -0.2) is 16.9 Å². The Balaban J connectivity index is 2.24. The van der Waals surface area contributed by atoms with Gasteiger partial charge in [-0.25, -0.2) is 0 Å². The van der Waals surface area contributed by atoms with Crippen LogP contribution in [0.1, 0.15) is 42.7 Å². The summed E-state index contributed by atoms with van der Waals surface area (Å²) < 4.78 is 0. The molecule has 0 spiro atoms. The van der Waals surface area contributed by atoms with Crippen molar-refractivity contribution in [2.24, 2.45) is 0 Å². The van der Waals surface area contributed by atoms with Gasteiger partial charge < -0.3 is 5.11 Å². The normalized spacial score (nSPS) is 20.2. The van der Waals surface area contributed by atoms with Crippen molar-refractivity contribution in [2.45, 2.75) is 38.0 Å². The van der Waals surface area contributed by atoms with Crippen LogP contribution in [-0.2, 0) is 16.0 Å². The molecule has 0 heterocycles. The fourth-order valence-electron chi connectivity index (χ4n) is 2.55. The Morgan fingerprint density at radius 2 is 2.12 bits per heavy atom. The molecule has 1 aliphatic rings. The average molecular weight is 232 g/mol. The van der Waals surface area contributed by atoms with Crippen LogP contribution in [0.3, 0.4) is 0 Å². The van der Waals surface area contributed by atoms with Crippen molar-refractivity contribution >= 4 is 11.8 Å². The zero-order chi connectivity index (χ0) is 12.3. The second-order valence-electron chi connectivity index (χ2n) is 4.60. The lowest BCUT2D eigenvalue weighted by molar-refractivity contribution is -0.136. The topological polar surface area (TPSA) is 54.4 Å². The standard InChI is InChI=1S/C14H16O3/c15-12-6-3-5-10(8-12)13-7-2-1-4-11(13)9-14(16)17/h1-2,4,7,10H,3,5-6,8-9H2,(H,16,17). The number of ketones is 1. The lowest BCUT2D eigenvalue weighted by atomic mass is 9.81. The molecular weight excluding hydrogens is 216 g/mol. The second kappa shape index (κ2) is 5.13. The Morgan fingerprint density at radius 1 is 1.35 bits per heavy atom. The van der Waals surface area contributed by atoms with Crippen molar-refractivity contribution in [3.8, 4) is 0 Å². The molecule has 1 fully saturated rings. The predicted octanol–water partition coefficient (Wildman–Crippen LogP) is 2.54. The Labute approximate surface area is 100 Å². The number of carbonyl (C=O) groups is 2. The monoisotopic (exact) mass is 232 g/mol. The van der Waals surface area contributed by atoms with E-state index in [9.17, 15) is 9.59 Å². The van der Waals surface area contributed by atoms with Crippen LogP contribution in [0.5, 0.6) is 0 Å². The molecule has 90 valence electrons. The molecule has 1 saturated carbocycles. The summed E-state index contributed by atoms with van der Waals surface area (Å²) in [7, 11) is 0. The van der Waals surface area contributed by atoms with Gasteiger partial charge in [0.05, 0.1) is 6.42 Å². The summed E-state index contributed by atoms with van der Waals surface area (Å²) in [5.41, 5.74) is 1.89. The molecule has 2 rings (SSSR count). The van der Waals surface area contributed by atoms with Gasteiger partial charge >= 0.3 is 5.97 Å². The number of rotatable bonds is 3. The van der Waals surface area contributed by atoms with Crippen molar-refractivity contribution < 1.29 is 14.7 Å². The number of carbonyl (C=O) groups excluding carboxylic acids is 1. The van der Waals surface area contributed by atoms with Crippen molar-refractivity contribution in [1.82, 2.24) is 0 Å². The summed E-state index contributed by atoms with van der Waals surface area (Å²) in [5.74, 6) is -0.308. The van der Waals surface area contributed by atoms with Crippen molar-refractivity contribution in [3.05, 3.63) is 35.4 Å². The maximum Gasteiger partial charge on any atom is 0.307 e. The van der Waals surface area contributed by atoms with Gasteiger partial charge in [0.15, 0.2) is 0 Å². The van der Waals surface area contributed by atoms with E-state index in [0.717, 1.165) is 24.0 Å². The molecule has 1 atom stereocenters. The van der Waals surface area contributed by atoms with Gasteiger partial charge in [-0.3, -0.25) is 9.59 Å². The zero-order valence-corrected chi connectivity index (χ0v) is 9.69. The number of aliphatic carboxylic acids is 1. The van der Waals surface area contributed by atoms with Gasteiger partial charge in [0.1, 0.15) is 5.78 Å². The first kappa shape index (κ1) is 11.8. The number of Topliss-reactive ketones (excluding diaryl/α,β-unsaturated/α-hetero) is 1. The minimum absolute atomic E-state index is 0.0425. The predicted molar refractivity (Wildman–Crippen MR) is 64.0 cm³/mol. The molecular formula is C14H16O3. The number of carboxylic acids is 1. The first-order valence-electron chi connectivity index (χ1n) is 5.98. The summed E-state index contributed by atoms with van der Waals surface area (Å²) in [5, 5.41) is 8.87. The van der Waals surface area contributed by atoms with Crippen LogP contribution < -0.4 is 0 Å². The minimum atomic E-state index is -0.820. The van der Waals surface area contributed by atoms with Gasteiger partial charge in [0.2, 0.25) is 0 Å². The quantitative estimate of drug-likeness (QED) is 0.871.